The van der Waals surface area contributed by atoms with Crippen molar-refractivity contribution in [2.45, 2.75) is 31.4 Å². The Balaban J connectivity index is 1.20. The predicted molar refractivity (Wildman–Crippen MR) is 151 cm³/mol. The van der Waals surface area contributed by atoms with Crippen LogP contribution in [0.2, 0.25) is 10.0 Å². The van der Waals surface area contributed by atoms with E-state index in [4.69, 9.17) is 33.7 Å². The van der Waals surface area contributed by atoms with Crippen molar-refractivity contribution in [1.29, 1.82) is 0 Å². The quantitative estimate of drug-likeness (QED) is 0.291. The molecule has 10 nitrogen and oxygen atoms in total. The molecule has 1 fully saturated rings. The normalized spacial score (nSPS) is 18.1. The molecule has 0 amide bonds. The van der Waals surface area contributed by atoms with Gasteiger partial charge in [0.05, 0.1) is 15.6 Å². The monoisotopic (exact) mass is 563 g/mol. The standard InChI is InChI=1S/C27H27Cl2N9O/c1-16(25-20(28)13-31-14-21(25)29)39-18-3-4-22-19(11-18)26(36-33-22)23-5-6-24(35-34-23)38-10-8-27(30,15-38)12-17-7-9-32-37(17)2/h3-7,9,11,13-14,16H,8,10,12,15,30H2,1-2H3,(H,33,36)/t16-,27+/m1/s1. The molecule has 39 heavy (non-hydrogen) atoms. The summed E-state index contributed by atoms with van der Waals surface area (Å²) in [7, 11) is 1.94. The molecule has 2 atom stereocenters. The lowest BCUT2D eigenvalue weighted by molar-refractivity contribution is 0.227. The third kappa shape index (κ3) is 5.03. The summed E-state index contributed by atoms with van der Waals surface area (Å²) in [5.41, 5.74) is 10.4. The number of benzene rings is 1. The van der Waals surface area contributed by atoms with Crippen LogP contribution >= 0.6 is 23.2 Å². The number of aryl methyl sites for hydroxylation is 1. The highest BCUT2D eigenvalue weighted by Gasteiger charge is 2.36. The third-order valence-corrected chi connectivity index (χ3v) is 7.80. The molecule has 5 aromatic rings. The van der Waals surface area contributed by atoms with E-state index in [1.165, 1.54) is 0 Å². The van der Waals surface area contributed by atoms with Crippen molar-refractivity contribution in [2.75, 3.05) is 18.0 Å². The molecule has 6 rings (SSSR count). The van der Waals surface area contributed by atoms with Crippen LogP contribution in [0.15, 0.2) is 55.0 Å². The number of rotatable bonds is 7. The largest absolute Gasteiger partial charge is 0.486 e. The van der Waals surface area contributed by atoms with E-state index >= 15 is 0 Å². The van der Waals surface area contributed by atoms with Crippen molar-refractivity contribution in [2.24, 2.45) is 12.8 Å². The van der Waals surface area contributed by atoms with E-state index < -0.39 is 0 Å². The second-order valence-corrected chi connectivity index (χ2v) is 10.8. The highest BCUT2D eigenvalue weighted by Crippen LogP contribution is 2.35. The molecule has 0 aliphatic carbocycles. The second kappa shape index (κ2) is 10.1. The minimum Gasteiger partial charge on any atom is -0.486 e. The van der Waals surface area contributed by atoms with Crippen LogP contribution < -0.4 is 15.4 Å². The first-order valence-electron chi connectivity index (χ1n) is 12.6. The summed E-state index contributed by atoms with van der Waals surface area (Å²) < 4.78 is 8.06. The van der Waals surface area contributed by atoms with E-state index in [9.17, 15) is 0 Å². The molecular weight excluding hydrogens is 537 g/mol. The number of aromatic nitrogens is 7. The highest BCUT2D eigenvalue weighted by molar-refractivity contribution is 6.35. The summed E-state index contributed by atoms with van der Waals surface area (Å²) >= 11 is 12.6. The molecule has 200 valence electrons. The first kappa shape index (κ1) is 25.5. The van der Waals surface area contributed by atoms with Crippen molar-refractivity contribution in [3.05, 3.63) is 76.3 Å². The van der Waals surface area contributed by atoms with Gasteiger partial charge in [-0.2, -0.15) is 10.2 Å². The van der Waals surface area contributed by atoms with Gasteiger partial charge in [-0.05, 0) is 49.7 Å². The van der Waals surface area contributed by atoms with Gasteiger partial charge < -0.3 is 15.4 Å². The van der Waals surface area contributed by atoms with Crippen LogP contribution in [0, 0.1) is 0 Å². The molecule has 1 saturated heterocycles. The summed E-state index contributed by atoms with van der Waals surface area (Å²) in [4.78, 5) is 6.19. The lowest BCUT2D eigenvalue weighted by atomic mass is 9.94. The number of ether oxygens (including phenoxy) is 1. The Bertz CT molecular complexity index is 1610. The number of hydrogen-bond acceptors (Lipinski definition) is 8. The molecule has 3 N–H and O–H groups in total. The average Bonchev–Trinajstić information content (AvgIpc) is 3.63. The molecule has 0 saturated carbocycles. The molecule has 0 spiro atoms. The van der Waals surface area contributed by atoms with Gasteiger partial charge in [0.2, 0.25) is 0 Å². The number of nitrogens with zero attached hydrogens (tertiary/aromatic N) is 7. The van der Waals surface area contributed by atoms with E-state index in [1.54, 1.807) is 18.6 Å². The molecule has 0 bridgehead atoms. The zero-order chi connectivity index (χ0) is 27.1. The molecule has 1 aliphatic rings. The van der Waals surface area contributed by atoms with Gasteiger partial charge in [-0.15, -0.1) is 10.2 Å². The van der Waals surface area contributed by atoms with E-state index in [0.717, 1.165) is 41.8 Å². The number of aromatic amines is 1. The van der Waals surface area contributed by atoms with E-state index in [0.29, 0.717) is 39.3 Å². The number of nitrogens with two attached hydrogens (primary N) is 1. The van der Waals surface area contributed by atoms with Gasteiger partial charge in [0.1, 0.15) is 23.2 Å². The van der Waals surface area contributed by atoms with Crippen LogP contribution in [0.3, 0.4) is 0 Å². The molecule has 4 aromatic heterocycles. The lowest BCUT2D eigenvalue weighted by Crippen LogP contribution is -2.45. The third-order valence-electron chi connectivity index (χ3n) is 7.20. The van der Waals surface area contributed by atoms with Crippen LogP contribution in [0.4, 0.5) is 5.82 Å². The fourth-order valence-corrected chi connectivity index (χ4v) is 5.80. The Kier molecular flexibility index (Phi) is 6.62. The van der Waals surface area contributed by atoms with Gasteiger partial charge in [0.25, 0.3) is 0 Å². The fraction of sp³-hybridized carbons (Fsp3) is 0.296. The van der Waals surface area contributed by atoms with Crippen LogP contribution in [0.1, 0.15) is 30.7 Å². The minimum atomic E-state index is -0.382. The number of halogens is 2. The van der Waals surface area contributed by atoms with Crippen LogP contribution in [-0.4, -0.2) is 53.8 Å². The van der Waals surface area contributed by atoms with Crippen molar-refractivity contribution in [3.8, 4) is 17.1 Å². The summed E-state index contributed by atoms with van der Waals surface area (Å²) in [6.07, 6.45) is 6.15. The molecule has 0 unspecified atom stereocenters. The van der Waals surface area contributed by atoms with Gasteiger partial charge in [-0.25, -0.2) is 0 Å². The first-order chi connectivity index (χ1) is 18.8. The van der Waals surface area contributed by atoms with Gasteiger partial charge in [-0.3, -0.25) is 14.8 Å². The summed E-state index contributed by atoms with van der Waals surface area (Å²) in [6.45, 7) is 3.41. The minimum absolute atomic E-state index is 0.342. The maximum atomic E-state index is 6.74. The van der Waals surface area contributed by atoms with Crippen LogP contribution in [0.25, 0.3) is 22.3 Å². The smallest absolute Gasteiger partial charge is 0.151 e. The molecule has 0 radical (unpaired) electrons. The van der Waals surface area contributed by atoms with Crippen molar-refractivity contribution in [1.82, 2.24) is 35.2 Å². The second-order valence-electron chi connectivity index (χ2n) is 9.99. The van der Waals surface area contributed by atoms with Gasteiger partial charge >= 0.3 is 0 Å². The number of hydrogen-bond donors (Lipinski definition) is 2. The molecule has 1 aromatic carbocycles. The Morgan fingerprint density at radius 2 is 1.95 bits per heavy atom. The van der Waals surface area contributed by atoms with Crippen molar-refractivity contribution >= 4 is 39.9 Å². The molecule has 1 aliphatic heterocycles. The maximum Gasteiger partial charge on any atom is 0.151 e. The predicted octanol–water partition coefficient (Wildman–Crippen LogP) is 4.75. The van der Waals surface area contributed by atoms with Gasteiger partial charge in [0.15, 0.2) is 5.82 Å². The maximum absolute atomic E-state index is 6.74. The van der Waals surface area contributed by atoms with Crippen LogP contribution in [0.5, 0.6) is 5.75 Å². The number of H-pyrrole nitrogens is 1. The number of anilines is 1. The Morgan fingerprint density at radius 1 is 1.13 bits per heavy atom. The number of fused-ring (bicyclic) bond motifs is 1. The Morgan fingerprint density at radius 3 is 2.67 bits per heavy atom. The molecule has 12 heteroatoms. The zero-order valence-corrected chi connectivity index (χ0v) is 23.0. The fourth-order valence-electron chi connectivity index (χ4n) is 5.13. The molecular formula is C27H27Cl2N9O. The topological polar surface area (TPSA) is 124 Å². The van der Waals surface area contributed by atoms with Gasteiger partial charge in [-0.1, -0.05) is 23.2 Å². The van der Waals surface area contributed by atoms with E-state index in [1.807, 2.05) is 55.1 Å². The number of nitrogens with one attached hydrogen (secondary N) is 1. The SMILES string of the molecule is C[C@@H](Oc1ccc2[nH]nc(-c3ccc(N4CC[C@](N)(Cc5ccnn5C)C4)nn3)c2c1)c1c(Cl)cncc1Cl. The summed E-state index contributed by atoms with van der Waals surface area (Å²) in [6, 6.07) is 11.6. The van der Waals surface area contributed by atoms with Gasteiger partial charge in [0, 0.05) is 67.3 Å². The van der Waals surface area contributed by atoms with Crippen molar-refractivity contribution < 1.29 is 4.74 Å². The van der Waals surface area contributed by atoms with E-state index in [2.05, 4.69) is 35.4 Å². The first-order valence-corrected chi connectivity index (χ1v) is 13.3. The van der Waals surface area contributed by atoms with Crippen LogP contribution in [-0.2, 0) is 13.5 Å². The lowest BCUT2D eigenvalue weighted by Gasteiger charge is -2.25. The average molecular weight is 564 g/mol. The van der Waals surface area contributed by atoms with Crippen molar-refractivity contribution in [3.63, 3.8) is 0 Å². The molecule has 5 heterocycles. The zero-order valence-electron chi connectivity index (χ0n) is 21.5. The summed E-state index contributed by atoms with van der Waals surface area (Å²) in [5, 5.41) is 22.6. The Labute approximate surface area is 235 Å². The highest BCUT2D eigenvalue weighted by atomic mass is 35.5. The Hall–Kier alpha value is -3.73. The van der Waals surface area contributed by atoms with E-state index in [-0.39, 0.29) is 11.6 Å². The summed E-state index contributed by atoms with van der Waals surface area (Å²) in [5.74, 6) is 1.44. The number of pyridine rings is 1.